The van der Waals surface area contributed by atoms with E-state index in [2.05, 4.69) is 32.0 Å². The summed E-state index contributed by atoms with van der Waals surface area (Å²) in [6.07, 6.45) is 5.53. The zero-order chi connectivity index (χ0) is 11.5. The molecule has 1 atom stereocenters. The van der Waals surface area contributed by atoms with Gasteiger partial charge in [0.15, 0.2) is 0 Å². The van der Waals surface area contributed by atoms with Crippen LogP contribution in [0.1, 0.15) is 48.3 Å². The molecular weight excluding hydrogens is 194 g/mol. The summed E-state index contributed by atoms with van der Waals surface area (Å²) in [7, 11) is 0. The zero-order valence-corrected chi connectivity index (χ0v) is 10.5. The fraction of sp³-hybridized carbons (Fsp3) is 0.600. The lowest BCUT2D eigenvalue weighted by molar-refractivity contribution is 0.440. The number of hydrogen-bond acceptors (Lipinski definition) is 1. The first-order valence-electron chi connectivity index (χ1n) is 6.49. The van der Waals surface area contributed by atoms with E-state index in [1.165, 1.54) is 42.4 Å². The third-order valence-corrected chi connectivity index (χ3v) is 3.89. The van der Waals surface area contributed by atoms with E-state index < -0.39 is 0 Å². The summed E-state index contributed by atoms with van der Waals surface area (Å²) in [6, 6.07) is 6.89. The van der Waals surface area contributed by atoms with Crippen molar-refractivity contribution in [3.8, 4) is 0 Å². The number of hydrogen-bond donors (Lipinski definition) is 1. The molecule has 0 spiro atoms. The topological polar surface area (TPSA) is 26.0 Å². The Kier molecular flexibility index (Phi) is 3.65. The highest BCUT2D eigenvalue weighted by Crippen LogP contribution is 2.37. The first-order valence-corrected chi connectivity index (χ1v) is 6.49. The van der Waals surface area contributed by atoms with Crippen LogP contribution < -0.4 is 5.73 Å². The first-order chi connectivity index (χ1) is 7.70. The fourth-order valence-electron chi connectivity index (χ4n) is 3.18. The maximum absolute atomic E-state index is 5.98. The Morgan fingerprint density at radius 1 is 1.12 bits per heavy atom. The molecule has 0 aliphatic heterocycles. The average Bonchev–Trinajstić information content (AvgIpc) is 2.70. The van der Waals surface area contributed by atoms with Crippen molar-refractivity contribution in [2.75, 3.05) is 6.54 Å². The fourth-order valence-corrected chi connectivity index (χ4v) is 3.18. The smallest absolute Gasteiger partial charge is 0.000556 e. The minimum absolute atomic E-state index is 0.584. The van der Waals surface area contributed by atoms with Crippen LogP contribution in [-0.4, -0.2) is 6.54 Å². The lowest BCUT2D eigenvalue weighted by Crippen LogP contribution is -2.20. The van der Waals surface area contributed by atoms with E-state index in [0.717, 1.165) is 12.5 Å². The molecular formula is C15H23N. The van der Waals surface area contributed by atoms with Crippen LogP contribution in [0.5, 0.6) is 0 Å². The van der Waals surface area contributed by atoms with Gasteiger partial charge in [-0.1, -0.05) is 42.2 Å². The number of rotatable bonds is 3. The molecule has 1 fully saturated rings. The summed E-state index contributed by atoms with van der Waals surface area (Å²) in [4.78, 5) is 0. The van der Waals surface area contributed by atoms with Gasteiger partial charge in [0.25, 0.3) is 0 Å². The molecule has 1 aliphatic rings. The van der Waals surface area contributed by atoms with Crippen molar-refractivity contribution < 1.29 is 0 Å². The summed E-state index contributed by atoms with van der Waals surface area (Å²) >= 11 is 0. The van der Waals surface area contributed by atoms with Crippen molar-refractivity contribution in [3.63, 3.8) is 0 Å². The van der Waals surface area contributed by atoms with Crippen molar-refractivity contribution in [2.24, 2.45) is 11.7 Å². The van der Waals surface area contributed by atoms with E-state index in [-0.39, 0.29) is 0 Å². The van der Waals surface area contributed by atoms with E-state index >= 15 is 0 Å². The first kappa shape index (κ1) is 11.7. The second-order valence-corrected chi connectivity index (χ2v) is 5.31. The Morgan fingerprint density at radius 2 is 1.69 bits per heavy atom. The van der Waals surface area contributed by atoms with Crippen LogP contribution in [0.2, 0.25) is 0 Å². The predicted molar refractivity (Wildman–Crippen MR) is 69.7 cm³/mol. The van der Waals surface area contributed by atoms with E-state index in [0.29, 0.717) is 5.92 Å². The van der Waals surface area contributed by atoms with Gasteiger partial charge in [0, 0.05) is 0 Å². The molecule has 2 rings (SSSR count). The molecule has 16 heavy (non-hydrogen) atoms. The molecule has 1 aromatic carbocycles. The normalized spacial score (nSPS) is 18.9. The Labute approximate surface area is 99.0 Å². The average molecular weight is 217 g/mol. The van der Waals surface area contributed by atoms with Crippen LogP contribution in [-0.2, 0) is 0 Å². The summed E-state index contributed by atoms with van der Waals surface area (Å²) < 4.78 is 0. The lowest BCUT2D eigenvalue weighted by atomic mass is 9.84. The van der Waals surface area contributed by atoms with Gasteiger partial charge in [-0.15, -0.1) is 0 Å². The molecule has 1 aliphatic carbocycles. The van der Waals surface area contributed by atoms with Crippen molar-refractivity contribution in [2.45, 2.75) is 45.4 Å². The molecule has 0 heterocycles. The monoisotopic (exact) mass is 217 g/mol. The third kappa shape index (κ3) is 2.46. The van der Waals surface area contributed by atoms with Crippen LogP contribution in [0.25, 0.3) is 0 Å². The molecule has 1 aromatic rings. The summed E-state index contributed by atoms with van der Waals surface area (Å²) in [5.74, 6) is 1.41. The van der Waals surface area contributed by atoms with Gasteiger partial charge in [0.2, 0.25) is 0 Å². The third-order valence-electron chi connectivity index (χ3n) is 3.89. The highest BCUT2D eigenvalue weighted by Gasteiger charge is 2.25. The van der Waals surface area contributed by atoms with Gasteiger partial charge in [-0.3, -0.25) is 0 Å². The molecule has 1 saturated carbocycles. The lowest BCUT2D eigenvalue weighted by Gasteiger charge is -2.23. The molecule has 1 unspecified atom stereocenters. The van der Waals surface area contributed by atoms with Gasteiger partial charge in [0.05, 0.1) is 0 Å². The van der Waals surface area contributed by atoms with E-state index in [4.69, 9.17) is 5.73 Å². The zero-order valence-electron chi connectivity index (χ0n) is 10.5. The second-order valence-electron chi connectivity index (χ2n) is 5.31. The number of aryl methyl sites for hydroxylation is 2. The van der Waals surface area contributed by atoms with E-state index in [1.54, 1.807) is 0 Å². The quantitative estimate of drug-likeness (QED) is 0.823. The van der Waals surface area contributed by atoms with Crippen molar-refractivity contribution in [1.82, 2.24) is 0 Å². The highest BCUT2D eigenvalue weighted by molar-refractivity contribution is 5.31. The standard InChI is InChI=1S/C15H23N/c1-11-7-12(2)9-14(8-11)15(10-16)13-5-3-4-6-13/h7-9,13,15H,3-6,10,16H2,1-2H3. The summed E-state index contributed by atoms with van der Waals surface area (Å²) in [5.41, 5.74) is 10.2. The van der Waals surface area contributed by atoms with Gasteiger partial charge >= 0.3 is 0 Å². The van der Waals surface area contributed by atoms with Gasteiger partial charge in [-0.05, 0) is 50.6 Å². The maximum Gasteiger partial charge on any atom is -0.000556 e. The molecule has 1 heteroatoms. The molecule has 88 valence electrons. The Balaban J connectivity index is 2.24. The van der Waals surface area contributed by atoms with E-state index in [9.17, 15) is 0 Å². The number of benzene rings is 1. The van der Waals surface area contributed by atoms with Gasteiger partial charge in [0.1, 0.15) is 0 Å². The molecule has 0 bridgehead atoms. The molecule has 0 aromatic heterocycles. The van der Waals surface area contributed by atoms with Gasteiger partial charge in [-0.25, -0.2) is 0 Å². The molecule has 0 saturated heterocycles. The van der Waals surface area contributed by atoms with Crippen LogP contribution in [0.4, 0.5) is 0 Å². The van der Waals surface area contributed by atoms with Gasteiger partial charge < -0.3 is 5.73 Å². The van der Waals surface area contributed by atoms with Crippen molar-refractivity contribution in [3.05, 3.63) is 34.9 Å². The van der Waals surface area contributed by atoms with E-state index in [1.807, 2.05) is 0 Å². The van der Waals surface area contributed by atoms with Gasteiger partial charge in [-0.2, -0.15) is 0 Å². The summed E-state index contributed by atoms with van der Waals surface area (Å²) in [6.45, 7) is 5.16. The maximum atomic E-state index is 5.98. The van der Waals surface area contributed by atoms with Crippen LogP contribution >= 0.6 is 0 Å². The number of nitrogens with two attached hydrogens (primary N) is 1. The predicted octanol–water partition coefficient (Wildman–Crippen LogP) is 3.54. The largest absolute Gasteiger partial charge is 0.330 e. The summed E-state index contributed by atoms with van der Waals surface area (Å²) in [5, 5.41) is 0. The second kappa shape index (κ2) is 5.01. The SMILES string of the molecule is Cc1cc(C)cc(C(CN)C2CCCC2)c1. The van der Waals surface area contributed by atoms with Crippen LogP contribution in [0.3, 0.4) is 0 Å². The van der Waals surface area contributed by atoms with Crippen molar-refractivity contribution in [1.29, 1.82) is 0 Å². The molecule has 0 radical (unpaired) electrons. The molecule has 1 nitrogen and oxygen atoms in total. The van der Waals surface area contributed by atoms with Crippen LogP contribution in [0.15, 0.2) is 18.2 Å². The van der Waals surface area contributed by atoms with Crippen LogP contribution in [0, 0.1) is 19.8 Å². The highest BCUT2D eigenvalue weighted by atomic mass is 14.6. The Hall–Kier alpha value is -0.820. The molecule has 0 amide bonds. The Bertz CT molecular complexity index is 330. The minimum Gasteiger partial charge on any atom is -0.330 e. The van der Waals surface area contributed by atoms with Crippen molar-refractivity contribution >= 4 is 0 Å². The molecule has 2 N–H and O–H groups in total. The Morgan fingerprint density at radius 3 is 2.19 bits per heavy atom. The minimum atomic E-state index is 0.584.